The van der Waals surface area contributed by atoms with Crippen LogP contribution < -0.4 is 0 Å². The summed E-state index contributed by atoms with van der Waals surface area (Å²) in [7, 11) is 3.40. The second-order valence-electron chi connectivity index (χ2n) is 13.6. The summed E-state index contributed by atoms with van der Waals surface area (Å²) in [5, 5.41) is 21.2. The summed E-state index contributed by atoms with van der Waals surface area (Å²) in [6.07, 6.45) is 10.3. The quantitative estimate of drug-likeness (QED) is 0.229. The van der Waals surface area contributed by atoms with Gasteiger partial charge >= 0.3 is 11.9 Å². The van der Waals surface area contributed by atoms with Gasteiger partial charge in [-0.1, -0.05) is 31.6 Å². The fourth-order valence-electron chi connectivity index (χ4n) is 7.19. The molecule has 1 fully saturated rings. The minimum atomic E-state index is -1.43. The lowest BCUT2D eigenvalue weighted by atomic mass is 9.65. The Kier molecular flexibility index (Phi) is 10.6. The van der Waals surface area contributed by atoms with Gasteiger partial charge in [0.25, 0.3) is 0 Å². The van der Waals surface area contributed by atoms with E-state index < -0.39 is 54.0 Å². The van der Waals surface area contributed by atoms with Crippen LogP contribution in [-0.4, -0.2) is 94.1 Å². The highest BCUT2D eigenvalue weighted by Crippen LogP contribution is 2.49. The van der Waals surface area contributed by atoms with E-state index in [0.29, 0.717) is 23.6 Å². The predicted molar refractivity (Wildman–Crippen MR) is 170 cm³/mol. The van der Waals surface area contributed by atoms with Crippen LogP contribution in [0.4, 0.5) is 0 Å². The van der Waals surface area contributed by atoms with Gasteiger partial charge < -0.3 is 43.2 Å². The van der Waals surface area contributed by atoms with Crippen molar-refractivity contribution in [1.82, 2.24) is 9.55 Å². The highest BCUT2D eigenvalue weighted by Gasteiger charge is 2.54. The van der Waals surface area contributed by atoms with E-state index in [4.69, 9.17) is 28.4 Å². The van der Waals surface area contributed by atoms with E-state index in [1.165, 1.54) is 18.6 Å². The van der Waals surface area contributed by atoms with Gasteiger partial charge in [0, 0.05) is 38.9 Å². The number of allylic oxidation sites excluding steroid dienone is 3. The Labute approximate surface area is 276 Å². The van der Waals surface area contributed by atoms with E-state index in [9.17, 15) is 19.8 Å². The zero-order valence-corrected chi connectivity index (χ0v) is 28.2. The molecule has 1 aliphatic carbocycles. The Balaban J connectivity index is 1.47. The predicted octanol–water partition coefficient (Wildman–Crippen LogP) is 3.24. The van der Waals surface area contributed by atoms with Crippen molar-refractivity contribution in [2.45, 2.75) is 89.6 Å². The molecule has 2 N–H and O–H groups in total. The third-order valence-electron chi connectivity index (χ3n) is 9.87. The number of carbonyl (C=O) groups is 2. The minimum Gasteiger partial charge on any atom is -0.457 e. The summed E-state index contributed by atoms with van der Waals surface area (Å²) in [5.74, 6) is -1.87. The summed E-state index contributed by atoms with van der Waals surface area (Å²) >= 11 is 0. The van der Waals surface area contributed by atoms with Crippen LogP contribution in [0.15, 0.2) is 54.1 Å². The number of aromatic nitrogens is 2. The van der Waals surface area contributed by atoms with Crippen molar-refractivity contribution in [2.24, 2.45) is 30.7 Å². The summed E-state index contributed by atoms with van der Waals surface area (Å²) in [6, 6.07) is 0. The molecule has 4 heterocycles. The van der Waals surface area contributed by atoms with E-state index in [0.717, 1.165) is 6.42 Å². The fourth-order valence-corrected chi connectivity index (χ4v) is 7.19. The van der Waals surface area contributed by atoms with Crippen molar-refractivity contribution >= 4 is 18.0 Å². The number of ether oxygens (including phenoxy) is 6. The molecular formula is C35H48N2O10. The van der Waals surface area contributed by atoms with Gasteiger partial charge in [-0.25, -0.2) is 9.78 Å². The lowest BCUT2D eigenvalue weighted by Gasteiger charge is -2.41. The first-order valence-electron chi connectivity index (χ1n) is 16.2. The zero-order valence-electron chi connectivity index (χ0n) is 28.2. The molecule has 0 radical (unpaired) electrons. The molecule has 258 valence electrons. The number of fused-ring (bicyclic) bond motifs is 3. The summed E-state index contributed by atoms with van der Waals surface area (Å²) in [6.45, 7) is 9.36. The van der Waals surface area contributed by atoms with Gasteiger partial charge in [-0.05, 0) is 68.6 Å². The van der Waals surface area contributed by atoms with Crippen LogP contribution in [0.25, 0.3) is 6.08 Å². The Morgan fingerprint density at radius 1 is 1.23 bits per heavy atom. The fraction of sp³-hybridized carbons (Fsp3) is 0.629. The average molecular weight is 657 g/mol. The molecule has 2 bridgehead atoms. The first-order chi connectivity index (χ1) is 22.2. The topological polar surface area (TPSA) is 148 Å². The van der Waals surface area contributed by atoms with Crippen molar-refractivity contribution in [2.75, 3.05) is 20.3 Å². The number of esters is 2. The SMILES string of the molecule is CO[C@]12C=C[C@](C)(O1)[C@@H](OC(=O)/C=C/c1cn(C)cn1)C[C@H]1C(C)=CC[C@H](C(C)C)[C@H]1/C=C\2CO[C@@H]1OC[C@@H](O)[C@@H](OC(C)=O)[C@@H]1O. The van der Waals surface area contributed by atoms with Gasteiger partial charge in [0.2, 0.25) is 5.79 Å². The smallest absolute Gasteiger partial charge is 0.331 e. The lowest BCUT2D eigenvalue weighted by molar-refractivity contribution is -0.275. The number of rotatable bonds is 9. The van der Waals surface area contributed by atoms with Crippen LogP contribution in [0.5, 0.6) is 0 Å². The molecule has 0 spiro atoms. The largest absolute Gasteiger partial charge is 0.457 e. The van der Waals surface area contributed by atoms with E-state index in [-0.39, 0.29) is 31.0 Å². The third-order valence-corrected chi connectivity index (χ3v) is 9.87. The van der Waals surface area contributed by atoms with Gasteiger partial charge in [0.15, 0.2) is 12.4 Å². The molecule has 12 heteroatoms. The number of nitrogens with zero attached hydrogens (tertiary/aromatic N) is 2. The molecule has 1 aromatic heterocycles. The number of aliphatic hydroxyl groups excluding tert-OH is 2. The molecule has 10 atom stereocenters. The number of methoxy groups -OCH3 is 1. The van der Waals surface area contributed by atoms with Gasteiger partial charge in [0.1, 0.15) is 23.9 Å². The van der Waals surface area contributed by atoms with E-state index in [1.54, 1.807) is 30.3 Å². The number of imidazole rings is 1. The number of hydrogen-bond acceptors (Lipinski definition) is 11. The van der Waals surface area contributed by atoms with Crippen molar-refractivity contribution in [3.05, 3.63) is 59.7 Å². The molecule has 0 aromatic carbocycles. The highest BCUT2D eigenvalue weighted by atomic mass is 16.7. The summed E-state index contributed by atoms with van der Waals surface area (Å²) < 4.78 is 37.8. The summed E-state index contributed by atoms with van der Waals surface area (Å²) in [4.78, 5) is 29.1. The van der Waals surface area contributed by atoms with Gasteiger partial charge in [-0.2, -0.15) is 0 Å². The normalized spacial score (nSPS) is 38.2. The van der Waals surface area contributed by atoms with E-state index in [2.05, 4.69) is 37.9 Å². The van der Waals surface area contributed by atoms with Crippen LogP contribution in [0, 0.1) is 23.7 Å². The number of hydrogen-bond donors (Lipinski definition) is 2. The molecule has 3 aliphatic heterocycles. The Morgan fingerprint density at radius 2 is 2.00 bits per heavy atom. The number of aliphatic hydroxyl groups is 2. The number of carbonyl (C=O) groups excluding carboxylic acids is 2. The lowest BCUT2D eigenvalue weighted by Crippen LogP contribution is -2.55. The molecule has 4 aliphatic rings. The molecule has 1 saturated heterocycles. The van der Waals surface area contributed by atoms with E-state index >= 15 is 0 Å². The van der Waals surface area contributed by atoms with Crippen molar-refractivity contribution in [3.8, 4) is 0 Å². The van der Waals surface area contributed by atoms with Crippen LogP contribution >= 0.6 is 0 Å². The monoisotopic (exact) mass is 656 g/mol. The summed E-state index contributed by atoms with van der Waals surface area (Å²) in [5.41, 5.74) is 1.44. The van der Waals surface area contributed by atoms with Crippen LogP contribution in [-0.2, 0) is 45.1 Å². The maximum absolute atomic E-state index is 13.3. The molecule has 0 saturated carbocycles. The standard InChI is InChI=1S/C35H48N2O10/c1-20(2)25-10-8-21(3)26-15-29(46-30(40)11-9-24-16-37(6)19-36-24)34(5)12-13-35(42-7,47-34)23(14-27(25)26)17-43-33-31(41)32(45-22(4)38)28(39)18-44-33/h8-9,11-14,16,19-20,25-29,31-33,39,41H,10,15,17-18H2,1-7H3/b11-9+,23-14-/t25-,26+,27-,28-,29+,31+,32-,33-,34+,35-/m1/s1. The van der Waals surface area contributed by atoms with Crippen molar-refractivity contribution in [1.29, 1.82) is 0 Å². The van der Waals surface area contributed by atoms with Crippen LogP contribution in [0.1, 0.15) is 53.2 Å². The van der Waals surface area contributed by atoms with Gasteiger partial charge in [-0.15, -0.1) is 0 Å². The highest BCUT2D eigenvalue weighted by molar-refractivity contribution is 5.86. The molecule has 5 rings (SSSR count). The number of aryl methyl sites for hydroxylation is 1. The molecule has 1 aromatic rings. The average Bonchev–Trinajstić information content (AvgIpc) is 3.61. The maximum Gasteiger partial charge on any atom is 0.331 e. The molecule has 0 unspecified atom stereocenters. The Hall–Kier alpha value is -3.13. The Bertz CT molecular complexity index is 1430. The Morgan fingerprint density at radius 3 is 2.66 bits per heavy atom. The third kappa shape index (κ3) is 7.48. The van der Waals surface area contributed by atoms with Crippen molar-refractivity contribution < 1.29 is 48.2 Å². The van der Waals surface area contributed by atoms with Gasteiger partial charge in [-0.3, -0.25) is 4.79 Å². The van der Waals surface area contributed by atoms with Crippen LogP contribution in [0.2, 0.25) is 0 Å². The molecule has 47 heavy (non-hydrogen) atoms. The molecular weight excluding hydrogens is 608 g/mol. The van der Waals surface area contributed by atoms with E-state index in [1.807, 2.05) is 26.1 Å². The maximum atomic E-state index is 13.3. The second-order valence-corrected chi connectivity index (χ2v) is 13.6. The molecule has 12 nitrogen and oxygen atoms in total. The second kappa shape index (κ2) is 14.2. The molecule has 0 amide bonds. The first kappa shape index (κ1) is 35.2. The first-order valence-corrected chi connectivity index (χ1v) is 16.2. The zero-order chi connectivity index (χ0) is 34.1. The van der Waals surface area contributed by atoms with Gasteiger partial charge in [0.05, 0.1) is 25.2 Å². The van der Waals surface area contributed by atoms with Crippen LogP contribution in [0.3, 0.4) is 0 Å². The minimum absolute atomic E-state index is 0.0173. The van der Waals surface area contributed by atoms with Crippen molar-refractivity contribution in [3.63, 3.8) is 0 Å².